The molecule has 27 heavy (non-hydrogen) atoms. The second-order valence-electron chi connectivity index (χ2n) is 6.53. The SMILES string of the molecule is CC(=O)Cc1cc(-c2ccc3ccccc3c2)c2cccc([N+](=O)[O-])c2n1. The summed E-state index contributed by atoms with van der Waals surface area (Å²) in [7, 11) is 0. The molecule has 0 aliphatic heterocycles. The molecule has 0 fully saturated rings. The molecule has 132 valence electrons. The fourth-order valence-electron chi connectivity index (χ4n) is 3.38. The van der Waals surface area contributed by atoms with Gasteiger partial charge in [-0.25, -0.2) is 4.98 Å². The van der Waals surface area contributed by atoms with Gasteiger partial charge in [0.2, 0.25) is 0 Å². The van der Waals surface area contributed by atoms with E-state index in [9.17, 15) is 14.9 Å². The summed E-state index contributed by atoms with van der Waals surface area (Å²) in [5.74, 6) is -0.0371. The molecular weight excluding hydrogens is 340 g/mol. The van der Waals surface area contributed by atoms with Gasteiger partial charge in [0.1, 0.15) is 11.3 Å². The van der Waals surface area contributed by atoms with Crippen molar-refractivity contribution in [2.75, 3.05) is 0 Å². The van der Waals surface area contributed by atoms with Gasteiger partial charge in [-0.05, 0) is 41.0 Å². The summed E-state index contributed by atoms with van der Waals surface area (Å²) < 4.78 is 0. The second-order valence-corrected chi connectivity index (χ2v) is 6.53. The average molecular weight is 356 g/mol. The van der Waals surface area contributed by atoms with Gasteiger partial charge in [0, 0.05) is 23.6 Å². The number of Topliss-reactive ketones (excluding diaryl/α,β-unsaturated/α-hetero) is 1. The Morgan fingerprint density at radius 3 is 2.52 bits per heavy atom. The zero-order valence-electron chi connectivity index (χ0n) is 14.7. The van der Waals surface area contributed by atoms with E-state index < -0.39 is 4.92 Å². The van der Waals surface area contributed by atoms with Crippen LogP contribution in [-0.2, 0) is 11.2 Å². The Morgan fingerprint density at radius 2 is 1.78 bits per heavy atom. The minimum absolute atomic E-state index is 0.0371. The summed E-state index contributed by atoms with van der Waals surface area (Å²) in [6.45, 7) is 1.49. The monoisotopic (exact) mass is 356 g/mol. The van der Waals surface area contributed by atoms with E-state index >= 15 is 0 Å². The molecule has 0 saturated heterocycles. The Bertz CT molecular complexity index is 1210. The van der Waals surface area contributed by atoms with Crippen molar-refractivity contribution in [3.8, 4) is 11.1 Å². The number of carbonyl (C=O) groups is 1. The van der Waals surface area contributed by atoms with Gasteiger partial charge in [0.25, 0.3) is 5.69 Å². The molecule has 0 N–H and O–H groups in total. The molecule has 0 aliphatic carbocycles. The minimum atomic E-state index is -0.433. The lowest BCUT2D eigenvalue weighted by Gasteiger charge is -2.11. The topological polar surface area (TPSA) is 73.1 Å². The van der Waals surface area contributed by atoms with Crippen molar-refractivity contribution in [2.24, 2.45) is 0 Å². The zero-order valence-corrected chi connectivity index (χ0v) is 14.7. The van der Waals surface area contributed by atoms with Crippen molar-refractivity contribution >= 4 is 33.1 Å². The summed E-state index contributed by atoms with van der Waals surface area (Å²) in [4.78, 5) is 27.1. The molecule has 1 heterocycles. The van der Waals surface area contributed by atoms with E-state index in [0.717, 1.165) is 21.9 Å². The maximum absolute atomic E-state index is 11.6. The maximum Gasteiger partial charge on any atom is 0.295 e. The fourth-order valence-corrected chi connectivity index (χ4v) is 3.38. The lowest BCUT2D eigenvalue weighted by Crippen LogP contribution is -2.02. The Morgan fingerprint density at radius 1 is 1.00 bits per heavy atom. The molecule has 1 aromatic heterocycles. The van der Waals surface area contributed by atoms with Crippen LogP contribution in [0.2, 0.25) is 0 Å². The Kier molecular flexibility index (Phi) is 4.12. The number of nitro groups is 1. The molecule has 3 aromatic carbocycles. The van der Waals surface area contributed by atoms with E-state index in [1.165, 1.54) is 13.0 Å². The van der Waals surface area contributed by atoms with E-state index in [1.54, 1.807) is 6.07 Å². The van der Waals surface area contributed by atoms with Gasteiger partial charge in [-0.1, -0.05) is 48.5 Å². The first kappa shape index (κ1) is 16.8. The molecule has 0 bridgehead atoms. The van der Waals surface area contributed by atoms with Crippen LogP contribution < -0.4 is 0 Å². The first-order chi connectivity index (χ1) is 13.0. The number of benzene rings is 3. The summed E-state index contributed by atoms with van der Waals surface area (Å²) in [5, 5.41) is 14.4. The number of rotatable bonds is 4. The number of hydrogen-bond donors (Lipinski definition) is 0. The standard InChI is InChI=1S/C22H16N2O3/c1-14(25)11-18-13-20(17-10-9-15-5-2-3-6-16(15)12-17)19-7-4-8-21(24(26)27)22(19)23-18/h2-10,12-13H,11H2,1H3. The highest BCUT2D eigenvalue weighted by molar-refractivity contribution is 6.01. The highest BCUT2D eigenvalue weighted by Crippen LogP contribution is 2.34. The largest absolute Gasteiger partial charge is 0.300 e. The summed E-state index contributed by atoms with van der Waals surface area (Å²) >= 11 is 0. The number of fused-ring (bicyclic) bond motifs is 2. The maximum atomic E-state index is 11.6. The highest BCUT2D eigenvalue weighted by Gasteiger charge is 2.18. The molecule has 0 radical (unpaired) electrons. The van der Waals surface area contributed by atoms with Crippen LogP contribution in [-0.4, -0.2) is 15.7 Å². The quantitative estimate of drug-likeness (QED) is 0.377. The minimum Gasteiger partial charge on any atom is -0.300 e. The van der Waals surface area contributed by atoms with Gasteiger partial charge in [0.05, 0.1) is 4.92 Å². The molecule has 0 atom stereocenters. The molecule has 4 rings (SSSR count). The predicted octanol–water partition coefficient (Wildman–Crippen LogP) is 5.09. The van der Waals surface area contributed by atoms with Gasteiger partial charge in [0.15, 0.2) is 0 Å². The number of carbonyl (C=O) groups excluding carboxylic acids is 1. The molecule has 0 amide bonds. The number of aromatic nitrogens is 1. The lowest BCUT2D eigenvalue weighted by molar-refractivity contribution is -0.383. The number of nitrogens with zero attached hydrogens (tertiary/aromatic N) is 2. The van der Waals surface area contributed by atoms with Crippen molar-refractivity contribution in [2.45, 2.75) is 13.3 Å². The zero-order chi connectivity index (χ0) is 19.0. The second kappa shape index (κ2) is 6.61. The number of non-ortho nitro benzene ring substituents is 1. The third kappa shape index (κ3) is 3.15. The number of pyridine rings is 1. The smallest absolute Gasteiger partial charge is 0.295 e. The van der Waals surface area contributed by atoms with Crippen LogP contribution in [0, 0.1) is 10.1 Å². The first-order valence-electron chi connectivity index (χ1n) is 8.58. The predicted molar refractivity (Wildman–Crippen MR) is 106 cm³/mol. The van der Waals surface area contributed by atoms with Crippen LogP contribution in [0.25, 0.3) is 32.8 Å². The van der Waals surface area contributed by atoms with E-state index in [1.807, 2.05) is 48.5 Å². The van der Waals surface area contributed by atoms with Crippen LogP contribution in [0.4, 0.5) is 5.69 Å². The Balaban J connectivity index is 2.03. The van der Waals surface area contributed by atoms with Crippen molar-refractivity contribution < 1.29 is 9.72 Å². The molecular formula is C22H16N2O3. The Hall–Kier alpha value is -3.60. The van der Waals surface area contributed by atoms with Crippen LogP contribution in [0.15, 0.2) is 66.7 Å². The summed E-state index contributed by atoms with van der Waals surface area (Å²) in [5.41, 5.74) is 2.56. The van der Waals surface area contributed by atoms with Crippen LogP contribution in [0.3, 0.4) is 0 Å². The molecule has 0 unspecified atom stereocenters. The third-order valence-electron chi connectivity index (χ3n) is 4.56. The number of ketones is 1. The molecule has 0 spiro atoms. The van der Waals surface area contributed by atoms with Gasteiger partial charge < -0.3 is 0 Å². The summed E-state index contributed by atoms with van der Waals surface area (Å²) in [6.07, 6.45) is 0.141. The normalized spacial score (nSPS) is 11.0. The molecule has 4 aromatic rings. The van der Waals surface area contributed by atoms with Gasteiger partial charge in [-0.3, -0.25) is 14.9 Å². The molecule has 0 saturated carbocycles. The first-order valence-corrected chi connectivity index (χ1v) is 8.58. The summed E-state index contributed by atoms with van der Waals surface area (Å²) in [6, 6.07) is 20.9. The van der Waals surface area contributed by atoms with Crippen LogP contribution >= 0.6 is 0 Å². The van der Waals surface area contributed by atoms with Crippen molar-refractivity contribution in [1.29, 1.82) is 0 Å². The van der Waals surface area contributed by atoms with Gasteiger partial charge in [-0.15, -0.1) is 0 Å². The molecule has 0 aliphatic rings. The van der Waals surface area contributed by atoms with Crippen molar-refractivity contribution in [1.82, 2.24) is 4.98 Å². The van der Waals surface area contributed by atoms with Gasteiger partial charge in [-0.2, -0.15) is 0 Å². The van der Waals surface area contributed by atoms with Crippen molar-refractivity contribution in [3.63, 3.8) is 0 Å². The fraction of sp³-hybridized carbons (Fsp3) is 0.0909. The van der Waals surface area contributed by atoms with Crippen LogP contribution in [0.5, 0.6) is 0 Å². The van der Waals surface area contributed by atoms with Crippen molar-refractivity contribution in [3.05, 3.63) is 82.5 Å². The number of hydrogen-bond acceptors (Lipinski definition) is 4. The van der Waals surface area contributed by atoms with Gasteiger partial charge >= 0.3 is 0 Å². The highest BCUT2D eigenvalue weighted by atomic mass is 16.6. The number of para-hydroxylation sites is 1. The van der Waals surface area contributed by atoms with E-state index in [4.69, 9.17) is 0 Å². The molecule has 5 nitrogen and oxygen atoms in total. The Labute approximate surface area is 155 Å². The van der Waals surface area contributed by atoms with Crippen LogP contribution in [0.1, 0.15) is 12.6 Å². The van der Waals surface area contributed by atoms with E-state index in [-0.39, 0.29) is 17.9 Å². The lowest BCUT2D eigenvalue weighted by atomic mass is 9.96. The van der Waals surface area contributed by atoms with E-state index in [0.29, 0.717) is 16.6 Å². The average Bonchev–Trinajstić information content (AvgIpc) is 2.66. The van der Waals surface area contributed by atoms with E-state index in [2.05, 4.69) is 11.1 Å². The third-order valence-corrected chi connectivity index (χ3v) is 4.56. The molecule has 5 heteroatoms. The number of nitro benzene ring substituents is 1.